The van der Waals surface area contributed by atoms with Gasteiger partial charge in [-0.15, -0.1) is 11.3 Å². The van der Waals surface area contributed by atoms with Gasteiger partial charge in [-0.05, 0) is 38.0 Å². The third-order valence-electron chi connectivity index (χ3n) is 3.35. The lowest BCUT2D eigenvalue weighted by molar-refractivity contribution is 0.413. The summed E-state index contributed by atoms with van der Waals surface area (Å²) in [4.78, 5) is 5.85. The summed E-state index contributed by atoms with van der Waals surface area (Å²) in [7, 11) is 1.68. The first kappa shape index (κ1) is 15.0. The van der Waals surface area contributed by atoms with Gasteiger partial charge >= 0.3 is 0 Å². The topological polar surface area (TPSA) is 60.2 Å². The molecule has 108 valence electrons. The molecule has 0 amide bonds. The van der Waals surface area contributed by atoms with Crippen molar-refractivity contribution in [1.29, 1.82) is 0 Å². The van der Waals surface area contributed by atoms with E-state index < -0.39 is 0 Å². The van der Waals surface area contributed by atoms with Crippen molar-refractivity contribution in [3.05, 3.63) is 45.4 Å². The van der Waals surface area contributed by atoms with E-state index in [2.05, 4.69) is 23.4 Å². The van der Waals surface area contributed by atoms with Gasteiger partial charge in [0.2, 0.25) is 0 Å². The number of nitrogens with zero attached hydrogens (tertiary/aromatic N) is 1. The van der Waals surface area contributed by atoms with Gasteiger partial charge in [0.25, 0.3) is 0 Å². The van der Waals surface area contributed by atoms with Gasteiger partial charge < -0.3 is 4.74 Å². The fourth-order valence-corrected chi connectivity index (χ4v) is 3.13. The Morgan fingerprint density at radius 1 is 1.35 bits per heavy atom. The molecule has 2 rings (SSSR count). The third-order valence-corrected chi connectivity index (χ3v) is 4.44. The van der Waals surface area contributed by atoms with E-state index in [1.54, 1.807) is 18.4 Å². The third kappa shape index (κ3) is 3.79. The van der Waals surface area contributed by atoms with Crippen LogP contribution in [0.5, 0.6) is 5.75 Å². The molecule has 0 saturated heterocycles. The number of nitrogens with one attached hydrogen (secondary N) is 1. The van der Waals surface area contributed by atoms with E-state index in [1.165, 1.54) is 10.4 Å². The summed E-state index contributed by atoms with van der Waals surface area (Å²) in [5, 5.41) is 1.13. The number of aryl methyl sites for hydroxylation is 2. The molecule has 0 spiro atoms. The van der Waals surface area contributed by atoms with E-state index in [1.807, 2.05) is 25.1 Å². The second-order valence-electron chi connectivity index (χ2n) is 4.87. The van der Waals surface area contributed by atoms with Crippen LogP contribution in [0.25, 0.3) is 0 Å². The van der Waals surface area contributed by atoms with Crippen LogP contribution in [0.3, 0.4) is 0 Å². The van der Waals surface area contributed by atoms with Crippen LogP contribution in [0.4, 0.5) is 0 Å². The van der Waals surface area contributed by atoms with Crippen LogP contribution in [0.15, 0.2) is 24.3 Å². The van der Waals surface area contributed by atoms with Crippen molar-refractivity contribution in [2.24, 2.45) is 5.84 Å². The zero-order valence-electron chi connectivity index (χ0n) is 12.1. The summed E-state index contributed by atoms with van der Waals surface area (Å²) in [5.74, 6) is 6.55. The Balaban J connectivity index is 2.04. The molecule has 3 N–H and O–H groups in total. The van der Waals surface area contributed by atoms with Crippen molar-refractivity contribution >= 4 is 11.3 Å². The second-order valence-corrected chi connectivity index (χ2v) is 6.16. The lowest BCUT2D eigenvalue weighted by Gasteiger charge is -2.15. The van der Waals surface area contributed by atoms with Gasteiger partial charge in [0, 0.05) is 17.3 Å². The number of aromatic nitrogens is 1. The Bertz CT molecular complexity index is 548. The maximum absolute atomic E-state index is 5.68. The molecule has 1 aromatic heterocycles. The standard InChI is InChI=1S/C15H21N3OS/c1-10-11(2)20-15(17-10)9-13(18-16)7-12-5-4-6-14(8-12)19-3/h4-6,8,13,18H,7,9,16H2,1-3H3. The zero-order chi connectivity index (χ0) is 14.5. The fourth-order valence-electron chi connectivity index (χ4n) is 2.11. The number of hydrazine groups is 1. The van der Waals surface area contributed by atoms with Crippen LogP contribution >= 0.6 is 11.3 Å². The number of thiazole rings is 1. The summed E-state index contributed by atoms with van der Waals surface area (Å²) in [5.41, 5.74) is 5.21. The van der Waals surface area contributed by atoms with Crippen molar-refractivity contribution in [3.8, 4) is 5.75 Å². The van der Waals surface area contributed by atoms with Crippen molar-refractivity contribution in [1.82, 2.24) is 10.4 Å². The van der Waals surface area contributed by atoms with Gasteiger partial charge in [-0.2, -0.15) is 0 Å². The highest BCUT2D eigenvalue weighted by molar-refractivity contribution is 7.11. The Hall–Kier alpha value is -1.43. The van der Waals surface area contributed by atoms with E-state index in [4.69, 9.17) is 10.6 Å². The van der Waals surface area contributed by atoms with Crippen LogP contribution in [-0.2, 0) is 12.8 Å². The summed E-state index contributed by atoms with van der Waals surface area (Å²) in [6, 6.07) is 8.25. The van der Waals surface area contributed by atoms with E-state index in [9.17, 15) is 0 Å². The van der Waals surface area contributed by atoms with Crippen LogP contribution in [0, 0.1) is 13.8 Å². The molecular weight excluding hydrogens is 270 g/mol. The van der Waals surface area contributed by atoms with Crippen molar-refractivity contribution in [2.45, 2.75) is 32.7 Å². The first-order chi connectivity index (χ1) is 9.62. The van der Waals surface area contributed by atoms with Gasteiger partial charge in [-0.1, -0.05) is 12.1 Å². The average molecular weight is 291 g/mol. The molecule has 0 aliphatic heterocycles. The van der Waals surface area contributed by atoms with Crippen molar-refractivity contribution < 1.29 is 4.74 Å². The highest BCUT2D eigenvalue weighted by atomic mass is 32.1. The minimum Gasteiger partial charge on any atom is -0.497 e. The minimum absolute atomic E-state index is 0.173. The number of hydrogen-bond donors (Lipinski definition) is 2. The molecule has 0 fully saturated rings. The molecule has 20 heavy (non-hydrogen) atoms. The predicted molar refractivity (Wildman–Crippen MR) is 83.1 cm³/mol. The predicted octanol–water partition coefficient (Wildman–Crippen LogP) is 2.39. The molecule has 1 atom stereocenters. The molecule has 1 unspecified atom stereocenters. The second kappa shape index (κ2) is 6.83. The smallest absolute Gasteiger partial charge is 0.119 e. The Morgan fingerprint density at radius 2 is 2.15 bits per heavy atom. The zero-order valence-corrected chi connectivity index (χ0v) is 13.0. The minimum atomic E-state index is 0.173. The average Bonchev–Trinajstić information content (AvgIpc) is 2.76. The molecule has 0 radical (unpaired) electrons. The molecule has 5 heteroatoms. The van der Waals surface area contributed by atoms with E-state index in [0.717, 1.165) is 29.3 Å². The van der Waals surface area contributed by atoms with Crippen LogP contribution < -0.4 is 16.0 Å². The summed E-state index contributed by atoms with van der Waals surface area (Å²) in [6.45, 7) is 4.14. The quantitative estimate of drug-likeness (QED) is 0.634. The normalized spacial score (nSPS) is 12.4. The highest BCUT2D eigenvalue weighted by Gasteiger charge is 2.13. The molecule has 2 aromatic rings. The van der Waals surface area contributed by atoms with Crippen LogP contribution in [0.1, 0.15) is 21.1 Å². The molecular formula is C15H21N3OS. The lowest BCUT2D eigenvalue weighted by Crippen LogP contribution is -2.38. The highest BCUT2D eigenvalue weighted by Crippen LogP contribution is 2.20. The maximum atomic E-state index is 5.68. The summed E-state index contributed by atoms with van der Waals surface area (Å²) < 4.78 is 5.25. The van der Waals surface area contributed by atoms with E-state index in [-0.39, 0.29) is 6.04 Å². The molecule has 1 heterocycles. The summed E-state index contributed by atoms with van der Waals surface area (Å²) in [6.07, 6.45) is 1.69. The van der Waals surface area contributed by atoms with Crippen LogP contribution in [-0.4, -0.2) is 18.1 Å². The van der Waals surface area contributed by atoms with Gasteiger partial charge in [0.05, 0.1) is 17.8 Å². The van der Waals surface area contributed by atoms with E-state index in [0.29, 0.717) is 0 Å². The molecule has 0 aliphatic rings. The fraction of sp³-hybridized carbons (Fsp3) is 0.400. The monoisotopic (exact) mass is 291 g/mol. The van der Waals surface area contributed by atoms with Gasteiger partial charge in [-0.3, -0.25) is 11.3 Å². The Labute approximate surface area is 124 Å². The van der Waals surface area contributed by atoms with Crippen molar-refractivity contribution in [2.75, 3.05) is 7.11 Å². The molecule has 0 saturated carbocycles. The Kier molecular flexibility index (Phi) is 5.11. The molecule has 0 bridgehead atoms. The van der Waals surface area contributed by atoms with Gasteiger partial charge in [0.15, 0.2) is 0 Å². The van der Waals surface area contributed by atoms with Gasteiger partial charge in [0.1, 0.15) is 5.75 Å². The maximum Gasteiger partial charge on any atom is 0.119 e. The number of rotatable bonds is 6. The largest absolute Gasteiger partial charge is 0.497 e. The number of methoxy groups -OCH3 is 1. The first-order valence-electron chi connectivity index (χ1n) is 6.64. The summed E-state index contributed by atoms with van der Waals surface area (Å²) >= 11 is 1.74. The molecule has 4 nitrogen and oxygen atoms in total. The number of nitrogens with two attached hydrogens (primary N) is 1. The van der Waals surface area contributed by atoms with Crippen LogP contribution in [0.2, 0.25) is 0 Å². The number of hydrogen-bond acceptors (Lipinski definition) is 5. The lowest BCUT2D eigenvalue weighted by atomic mass is 10.0. The SMILES string of the molecule is COc1cccc(CC(Cc2nc(C)c(C)s2)NN)c1. The van der Waals surface area contributed by atoms with Crippen molar-refractivity contribution in [3.63, 3.8) is 0 Å². The Morgan fingerprint density at radius 3 is 2.75 bits per heavy atom. The molecule has 0 aliphatic carbocycles. The van der Waals surface area contributed by atoms with Gasteiger partial charge in [-0.25, -0.2) is 4.98 Å². The van der Waals surface area contributed by atoms with E-state index >= 15 is 0 Å². The molecule has 1 aromatic carbocycles. The number of benzene rings is 1. The first-order valence-corrected chi connectivity index (χ1v) is 7.46. The number of ether oxygens (including phenoxy) is 1.